The molecule has 1 saturated carbocycles. The van der Waals surface area contributed by atoms with E-state index in [0.29, 0.717) is 17.7 Å². The molecule has 3 aromatic heterocycles. The van der Waals surface area contributed by atoms with Crippen LogP contribution in [0.15, 0.2) is 67.0 Å². The van der Waals surface area contributed by atoms with Gasteiger partial charge in [-0.3, -0.25) is 4.40 Å². The predicted molar refractivity (Wildman–Crippen MR) is 142 cm³/mol. The van der Waals surface area contributed by atoms with Gasteiger partial charge in [-0.15, -0.1) is 0 Å². The third-order valence-electron chi connectivity index (χ3n) is 7.60. The number of nitrogens with zero attached hydrogens (tertiary/aromatic N) is 4. The summed E-state index contributed by atoms with van der Waals surface area (Å²) in [6.45, 7) is 2.90. The average Bonchev–Trinajstić information content (AvgIpc) is 3.30. The third-order valence-corrected chi connectivity index (χ3v) is 7.60. The van der Waals surface area contributed by atoms with Crippen molar-refractivity contribution in [2.24, 2.45) is 11.7 Å². The summed E-state index contributed by atoms with van der Waals surface area (Å²) in [4.78, 5) is 14.7. The fraction of sp³-hybridized carbons (Fsp3) is 0.276. The number of benzene rings is 2. The molecule has 1 aliphatic carbocycles. The lowest BCUT2D eigenvalue weighted by Crippen LogP contribution is -2.21. The molecule has 6 rings (SSSR count). The molecule has 5 aromatic rings. The van der Waals surface area contributed by atoms with Crippen LogP contribution in [0.2, 0.25) is 0 Å². The predicted octanol–water partition coefficient (Wildman–Crippen LogP) is 5.73. The number of anilines is 1. The van der Waals surface area contributed by atoms with E-state index in [1.165, 1.54) is 0 Å². The van der Waals surface area contributed by atoms with Crippen LogP contribution in [-0.2, 0) is 0 Å². The molecule has 0 aliphatic heterocycles. The molecule has 3 heterocycles. The number of aryl methyl sites for hydroxylation is 1. The van der Waals surface area contributed by atoms with Crippen LogP contribution < -0.4 is 11.5 Å². The lowest BCUT2D eigenvalue weighted by Gasteiger charge is -2.26. The Bertz CT molecular complexity index is 1510. The van der Waals surface area contributed by atoms with Crippen LogP contribution >= 0.6 is 0 Å². The highest BCUT2D eigenvalue weighted by Crippen LogP contribution is 2.39. The summed E-state index contributed by atoms with van der Waals surface area (Å²) >= 11 is 0. The minimum atomic E-state index is 0.393. The van der Waals surface area contributed by atoms with E-state index < -0.39 is 0 Å². The number of aromatic nitrogens is 4. The molecule has 1 fully saturated rings. The highest BCUT2D eigenvalue weighted by atomic mass is 15.1. The van der Waals surface area contributed by atoms with Crippen molar-refractivity contribution >= 4 is 22.2 Å². The van der Waals surface area contributed by atoms with Crippen molar-refractivity contribution in [2.45, 2.75) is 38.5 Å². The molecular weight excluding hydrogens is 432 g/mol. The van der Waals surface area contributed by atoms with E-state index in [9.17, 15) is 0 Å². The zero-order valence-electron chi connectivity index (χ0n) is 20.0. The summed E-state index contributed by atoms with van der Waals surface area (Å²) in [7, 11) is 0. The second kappa shape index (κ2) is 8.78. The van der Waals surface area contributed by atoms with Crippen LogP contribution in [0.3, 0.4) is 0 Å². The van der Waals surface area contributed by atoms with E-state index in [1.54, 1.807) is 6.20 Å². The van der Waals surface area contributed by atoms with Gasteiger partial charge < -0.3 is 11.5 Å². The van der Waals surface area contributed by atoms with E-state index in [4.69, 9.17) is 21.4 Å². The van der Waals surface area contributed by atoms with Crippen LogP contribution in [0.1, 0.15) is 43.0 Å². The molecule has 6 nitrogen and oxygen atoms in total. The van der Waals surface area contributed by atoms with E-state index >= 15 is 0 Å². The standard InChI is InChI=1S/C29H30N6/c1-18-23(13-11-21-12-14-24(33-25(18)21)20-5-3-2-4-6-20)26-27-28(31)32-15-16-35(27)29(34-26)22-9-7-19(17-30)8-10-22/h2-6,11-16,19,22H,7-10,17,30H2,1H3,(H2,31,32). The third kappa shape index (κ3) is 3.74. The Kier molecular flexibility index (Phi) is 5.46. The molecule has 0 radical (unpaired) electrons. The van der Waals surface area contributed by atoms with Gasteiger partial charge in [-0.1, -0.05) is 48.5 Å². The van der Waals surface area contributed by atoms with E-state index in [-0.39, 0.29) is 0 Å². The maximum Gasteiger partial charge on any atom is 0.150 e. The van der Waals surface area contributed by atoms with Gasteiger partial charge in [0.2, 0.25) is 0 Å². The van der Waals surface area contributed by atoms with Crippen LogP contribution in [0, 0.1) is 12.8 Å². The van der Waals surface area contributed by atoms with Gasteiger partial charge in [-0.25, -0.2) is 15.0 Å². The van der Waals surface area contributed by atoms with Crippen LogP contribution in [0.4, 0.5) is 5.82 Å². The number of nitrogens with two attached hydrogens (primary N) is 2. The Hall–Kier alpha value is -3.77. The van der Waals surface area contributed by atoms with Crippen molar-refractivity contribution in [1.29, 1.82) is 0 Å². The number of pyridine rings is 1. The maximum absolute atomic E-state index is 6.44. The Morgan fingerprint density at radius 1 is 0.943 bits per heavy atom. The number of rotatable bonds is 4. The molecule has 0 unspecified atom stereocenters. The fourth-order valence-corrected chi connectivity index (χ4v) is 5.58. The monoisotopic (exact) mass is 462 g/mol. The first-order valence-corrected chi connectivity index (χ1v) is 12.4. The minimum Gasteiger partial charge on any atom is -0.382 e. The summed E-state index contributed by atoms with van der Waals surface area (Å²) in [6, 6.07) is 18.8. The second-order valence-corrected chi connectivity index (χ2v) is 9.68. The first kappa shape index (κ1) is 21.7. The highest BCUT2D eigenvalue weighted by molar-refractivity contribution is 5.94. The number of hydrogen-bond acceptors (Lipinski definition) is 5. The lowest BCUT2D eigenvalue weighted by molar-refractivity contribution is 0.325. The summed E-state index contributed by atoms with van der Waals surface area (Å²) in [6.07, 6.45) is 8.25. The number of nitrogen functional groups attached to an aromatic ring is 1. The topological polar surface area (TPSA) is 95.1 Å². The van der Waals surface area contributed by atoms with Gasteiger partial charge in [-0.2, -0.15) is 0 Å². The van der Waals surface area contributed by atoms with Gasteiger partial charge in [-0.05, 0) is 56.7 Å². The largest absolute Gasteiger partial charge is 0.382 e. The molecule has 6 heteroatoms. The summed E-state index contributed by atoms with van der Waals surface area (Å²) < 4.78 is 2.16. The Balaban J connectivity index is 1.50. The molecule has 0 saturated heterocycles. The molecule has 4 N–H and O–H groups in total. The van der Waals surface area contributed by atoms with E-state index in [0.717, 1.165) is 82.6 Å². The quantitative estimate of drug-likeness (QED) is 0.355. The van der Waals surface area contributed by atoms with Gasteiger partial charge in [0, 0.05) is 34.8 Å². The Morgan fingerprint density at radius 2 is 1.71 bits per heavy atom. The molecule has 0 bridgehead atoms. The molecule has 0 amide bonds. The van der Waals surface area contributed by atoms with Gasteiger partial charge in [0.15, 0.2) is 0 Å². The molecule has 35 heavy (non-hydrogen) atoms. The van der Waals surface area contributed by atoms with Crippen molar-refractivity contribution in [3.8, 4) is 22.5 Å². The minimum absolute atomic E-state index is 0.393. The van der Waals surface area contributed by atoms with Crippen molar-refractivity contribution in [3.63, 3.8) is 0 Å². The van der Waals surface area contributed by atoms with Crippen molar-refractivity contribution in [3.05, 3.63) is 78.4 Å². The van der Waals surface area contributed by atoms with Gasteiger partial charge in [0.25, 0.3) is 0 Å². The Labute approximate surface area is 205 Å². The van der Waals surface area contributed by atoms with Gasteiger partial charge in [0.05, 0.1) is 11.2 Å². The fourth-order valence-electron chi connectivity index (χ4n) is 5.58. The van der Waals surface area contributed by atoms with Crippen LogP contribution in [0.5, 0.6) is 0 Å². The SMILES string of the molecule is Cc1c(-c2nc(C3CCC(CN)CC3)n3ccnc(N)c23)ccc2ccc(-c3ccccc3)nc12. The zero-order chi connectivity index (χ0) is 23.9. The normalized spacial score (nSPS) is 18.3. The lowest BCUT2D eigenvalue weighted by atomic mass is 9.81. The van der Waals surface area contributed by atoms with Gasteiger partial charge in [0.1, 0.15) is 22.9 Å². The summed E-state index contributed by atoms with van der Waals surface area (Å²) in [5, 5.41) is 1.11. The first-order valence-electron chi connectivity index (χ1n) is 12.4. The molecule has 2 aromatic carbocycles. The molecule has 176 valence electrons. The van der Waals surface area contributed by atoms with Crippen LogP contribution in [0.25, 0.3) is 38.9 Å². The summed E-state index contributed by atoms with van der Waals surface area (Å²) in [5.41, 5.74) is 19.3. The highest BCUT2D eigenvalue weighted by Gasteiger charge is 2.27. The smallest absolute Gasteiger partial charge is 0.150 e. The molecule has 0 atom stereocenters. The second-order valence-electron chi connectivity index (χ2n) is 9.68. The number of fused-ring (bicyclic) bond motifs is 2. The molecule has 0 spiro atoms. The summed E-state index contributed by atoms with van der Waals surface area (Å²) in [5.74, 6) is 2.59. The number of hydrogen-bond donors (Lipinski definition) is 2. The van der Waals surface area contributed by atoms with Crippen LogP contribution in [-0.4, -0.2) is 25.9 Å². The van der Waals surface area contributed by atoms with E-state index in [1.807, 2.05) is 24.4 Å². The Morgan fingerprint density at radius 3 is 2.49 bits per heavy atom. The van der Waals surface area contributed by atoms with Crippen molar-refractivity contribution in [2.75, 3.05) is 12.3 Å². The number of imidazole rings is 1. The molecule has 1 aliphatic rings. The van der Waals surface area contributed by atoms with Crippen molar-refractivity contribution < 1.29 is 0 Å². The maximum atomic E-state index is 6.44. The van der Waals surface area contributed by atoms with E-state index in [2.05, 4.69) is 52.7 Å². The zero-order valence-corrected chi connectivity index (χ0v) is 20.0. The molecular formula is C29H30N6. The first-order chi connectivity index (χ1) is 17.1. The average molecular weight is 463 g/mol. The van der Waals surface area contributed by atoms with Gasteiger partial charge >= 0.3 is 0 Å². The van der Waals surface area contributed by atoms with Crippen molar-refractivity contribution in [1.82, 2.24) is 19.4 Å².